The first-order chi connectivity index (χ1) is 15.6. The Morgan fingerprint density at radius 2 is 1.84 bits per heavy atom. The molecule has 0 aromatic heterocycles. The molecule has 2 aromatic carbocycles. The van der Waals surface area contributed by atoms with Gasteiger partial charge in [-0.15, -0.1) is 11.8 Å². The van der Waals surface area contributed by atoms with Gasteiger partial charge >= 0.3 is 0 Å². The van der Waals surface area contributed by atoms with E-state index in [0.29, 0.717) is 18.7 Å². The van der Waals surface area contributed by atoms with Crippen molar-refractivity contribution in [3.8, 4) is 5.75 Å². The fourth-order valence-electron chi connectivity index (χ4n) is 4.04. The van der Waals surface area contributed by atoms with E-state index in [0.717, 1.165) is 41.9 Å². The predicted molar refractivity (Wildman–Crippen MR) is 130 cm³/mol. The average molecular weight is 455 g/mol. The van der Waals surface area contributed by atoms with Gasteiger partial charge in [-0.05, 0) is 49.6 Å². The van der Waals surface area contributed by atoms with E-state index in [4.69, 9.17) is 4.74 Å². The third-order valence-corrected chi connectivity index (χ3v) is 6.95. The first-order valence-corrected chi connectivity index (χ1v) is 12.5. The number of hydrogen-bond donors (Lipinski definition) is 1. The van der Waals surface area contributed by atoms with Crippen LogP contribution >= 0.6 is 11.8 Å². The predicted octanol–water partition coefficient (Wildman–Crippen LogP) is 5.04. The fourth-order valence-corrected chi connectivity index (χ4v) is 4.90. The van der Waals surface area contributed by atoms with Crippen LogP contribution in [0.3, 0.4) is 0 Å². The first-order valence-electron chi connectivity index (χ1n) is 11.5. The van der Waals surface area contributed by atoms with Crippen molar-refractivity contribution in [3.05, 3.63) is 60.2 Å². The van der Waals surface area contributed by atoms with E-state index in [-0.39, 0.29) is 17.9 Å². The standard InChI is InChI=1S/C26H34N2O3S/c1-20(26(30)27-22-11-5-3-6-12-22)28(19-21-10-9-13-23(18-21)31-2)25(29)16-17-32-24-14-7-4-8-15-24/h4,7-10,13-15,18,20,22H,3,5-6,11-12,16-17,19H2,1-2H3,(H,27,30)/t20-/m0/s1. The summed E-state index contributed by atoms with van der Waals surface area (Å²) in [6, 6.07) is 17.4. The Kier molecular flexibility index (Phi) is 9.47. The molecule has 1 N–H and O–H groups in total. The van der Waals surface area contributed by atoms with Crippen LogP contribution in [0.25, 0.3) is 0 Å². The van der Waals surface area contributed by atoms with Crippen LogP contribution in [0, 0.1) is 0 Å². The number of carbonyl (C=O) groups is 2. The first kappa shape index (κ1) is 24.2. The molecule has 2 aromatic rings. The van der Waals surface area contributed by atoms with Crippen molar-refractivity contribution in [3.63, 3.8) is 0 Å². The van der Waals surface area contributed by atoms with Crippen LogP contribution in [0.4, 0.5) is 0 Å². The van der Waals surface area contributed by atoms with Gasteiger partial charge in [0.1, 0.15) is 11.8 Å². The van der Waals surface area contributed by atoms with Gasteiger partial charge in [0.2, 0.25) is 11.8 Å². The molecule has 3 rings (SSSR count). The van der Waals surface area contributed by atoms with E-state index in [9.17, 15) is 9.59 Å². The molecule has 2 amide bonds. The lowest BCUT2D eigenvalue weighted by Crippen LogP contribution is -2.50. The number of amides is 2. The van der Waals surface area contributed by atoms with Crippen molar-refractivity contribution in [2.24, 2.45) is 0 Å². The van der Waals surface area contributed by atoms with Crippen molar-refractivity contribution in [1.82, 2.24) is 10.2 Å². The van der Waals surface area contributed by atoms with E-state index in [2.05, 4.69) is 5.32 Å². The van der Waals surface area contributed by atoms with E-state index < -0.39 is 6.04 Å². The van der Waals surface area contributed by atoms with Gasteiger partial charge in [-0.25, -0.2) is 0 Å². The van der Waals surface area contributed by atoms with Crippen LogP contribution in [-0.2, 0) is 16.1 Å². The Bertz CT molecular complexity index is 868. The third kappa shape index (κ3) is 7.30. The summed E-state index contributed by atoms with van der Waals surface area (Å²) in [5, 5.41) is 3.18. The summed E-state index contributed by atoms with van der Waals surface area (Å²) in [6.07, 6.45) is 5.98. The molecule has 1 atom stereocenters. The van der Waals surface area contributed by atoms with Gasteiger partial charge in [0.15, 0.2) is 0 Å². The minimum absolute atomic E-state index is 0.0115. The zero-order valence-electron chi connectivity index (χ0n) is 19.1. The van der Waals surface area contributed by atoms with Crippen LogP contribution in [0.5, 0.6) is 5.75 Å². The topological polar surface area (TPSA) is 58.6 Å². The van der Waals surface area contributed by atoms with Crippen molar-refractivity contribution >= 4 is 23.6 Å². The van der Waals surface area contributed by atoms with Crippen LogP contribution in [0.15, 0.2) is 59.5 Å². The lowest BCUT2D eigenvalue weighted by Gasteiger charge is -2.31. The van der Waals surface area contributed by atoms with E-state index in [1.54, 1.807) is 23.8 Å². The Morgan fingerprint density at radius 3 is 2.56 bits per heavy atom. The smallest absolute Gasteiger partial charge is 0.242 e. The third-order valence-electron chi connectivity index (χ3n) is 5.93. The van der Waals surface area contributed by atoms with Gasteiger partial charge in [-0.3, -0.25) is 9.59 Å². The van der Waals surface area contributed by atoms with Gasteiger partial charge in [-0.2, -0.15) is 0 Å². The number of benzene rings is 2. The van der Waals surface area contributed by atoms with E-state index in [1.165, 1.54) is 6.42 Å². The second-order valence-corrected chi connectivity index (χ2v) is 9.47. The maximum Gasteiger partial charge on any atom is 0.242 e. The summed E-state index contributed by atoms with van der Waals surface area (Å²) >= 11 is 1.66. The molecule has 1 aliphatic carbocycles. The summed E-state index contributed by atoms with van der Waals surface area (Å²) < 4.78 is 5.33. The van der Waals surface area contributed by atoms with Crippen LogP contribution in [0.2, 0.25) is 0 Å². The molecule has 5 nitrogen and oxygen atoms in total. The van der Waals surface area contributed by atoms with E-state index >= 15 is 0 Å². The highest BCUT2D eigenvalue weighted by Crippen LogP contribution is 2.21. The molecule has 1 aliphatic rings. The van der Waals surface area contributed by atoms with Crippen LogP contribution in [-0.4, -0.2) is 41.7 Å². The summed E-state index contributed by atoms with van der Waals surface area (Å²) in [5.74, 6) is 1.34. The summed E-state index contributed by atoms with van der Waals surface area (Å²) in [5.41, 5.74) is 0.950. The Morgan fingerprint density at radius 1 is 1.09 bits per heavy atom. The molecular weight excluding hydrogens is 420 g/mol. The Balaban J connectivity index is 1.67. The summed E-state index contributed by atoms with van der Waals surface area (Å²) in [6.45, 7) is 2.21. The molecule has 1 saturated carbocycles. The SMILES string of the molecule is COc1cccc(CN(C(=O)CCSc2ccccc2)[C@@H](C)C(=O)NC2CCCCC2)c1. The molecule has 0 heterocycles. The number of carbonyl (C=O) groups excluding carboxylic acids is 2. The van der Waals surface area contributed by atoms with Gasteiger partial charge in [0.25, 0.3) is 0 Å². The van der Waals surface area contributed by atoms with Gasteiger partial charge in [0.05, 0.1) is 7.11 Å². The summed E-state index contributed by atoms with van der Waals surface area (Å²) in [7, 11) is 1.63. The molecule has 0 aliphatic heterocycles. The van der Waals surface area contributed by atoms with Crippen LogP contribution < -0.4 is 10.1 Å². The van der Waals surface area contributed by atoms with Crippen molar-refractivity contribution < 1.29 is 14.3 Å². The molecule has 0 bridgehead atoms. The number of ether oxygens (including phenoxy) is 1. The highest BCUT2D eigenvalue weighted by atomic mass is 32.2. The van der Waals surface area contributed by atoms with Crippen molar-refractivity contribution in [2.45, 2.75) is 69.0 Å². The minimum Gasteiger partial charge on any atom is -0.497 e. The number of methoxy groups -OCH3 is 1. The minimum atomic E-state index is -0.530. The maximum atomic E-state index is 13.2. The van der Waals surface area contributed by atoms with Crippen LogP contribution in [0.1, 0.15) is 51.0 Å². The van der Waals surface area contributed by atoms with Crippen molar-refractivity contribution in [2.75, 3.05) is 12.9 Å². The lowest BCUT2D eigenvalue weighted by atomic mass is 9.95. The fraction of sp³-hybridized carbons (Fsp3) is 0.462. The second kappa shape index (κ2) is 12.5. The number of nitrogens with one attached hydrogen (secondary N) is 1. The quantitative estimate of drug-likeness (QED) is 0.511. The lowest BCUT2D eigenvalue weighted by molar-refractivity contribution is -0.140. The molecule has 32 heavy (non-hydrogen) atoms. The highest BCUT2D eigenvalue weighted by molar-refractivity contribution is 7.99. The second-order valence-electron chi connectivity index (χ2n) is 8.30. The molecule has 172 valence electrons. The molecule has 0 saturated heterocycles. The maximum absolute atomic E-state index is 13.2. The Labute approximate surface area is 195 Å². The Hall–Kier alpha value is -2.47. The van der Waals surface area contributed by atoms with Gasteiger partial charge in [0, 0.05) is 29.7 Å². The van der Waals surface area contributed by atoms with E-state index in [1.807, 2.05) is 61.5 Å². The zero-order valence-corrected chi connectivity index (χ0v) is 19.9. The molecule has 0 spiro atoms. The number of rotatable bonds is 10. The van der Waals surface area contributed by atoms with Gasteiger partial charge in [-0.1, -0.05) is 49.6 Å². The highest BCUT2D eigenvalue weighted by Gasteiger charge is 2.28. The molecular formula is C26H34N2O3S. The molecule has 6 heteroatoms. The average Bonchev–Trinajstić information content (AvgIpc) is 2.83. The van der Waals surface area contributed by atoms with Gasteiger partial charge < -0.3 is 15.0 Å². The number of hydrogen-bond acceptors (Lipinski definition) is 4. The molecule has 0 unspecified atom stereocenters. The van der Waals surface area contributed by atoms with Crippen molar-refractivity contribution in [1.29, 1.82) is 0 Å². The monoisotopic (exact) mass is 454 g/mol. The zero-order chi connectivity index (χ0) is 22.8. The molecule has 0 radical (unpaired) electrons. The number of nitrogens with zero attached hydrogens (tertiary/aromatic N) is 1. The molecule has 1 fully saturated rings. The largest absolute Gasteiger partial charge is 0.497 e. The summed E-state index contributed by atoms with van der Waals surface area (Å²) in [4.78, 5) is 29.1. The number of thioether (sulfide) groups is 1. The normalized spacial score (nSPS) is 15.1.